The summed E-state index contributed by atoms with van der Waals surface area (Å²) in [5.41, 5.74) is 1.18. The second-order valence-electron chi connectivity index (χ2n) is 3.14. The van der Waals surface area contributed by atoms with Gasteiger partial charge in [-0.25, -0.2) is 4.98 Å². The minimum Gasteiger partial charge on any atom is -0.263 e. The van der Waals surface area contributed by atoms with Crippen LogP contribution in [-0.2, 0) is 12.3 Å². The largest absolute Gasteiger partial charge is 0.263 e. The van der Waals surface area contributed by atoms with Gasteiger partial charge in [-0.3, -0.25) is 5.10 Å². The molecule has 3 nitrogen and oxygen atoms in total. The van der Waals surface area contributed by atoms with Gasteiger partial charge < -0.3 is 0 Å². The third-order valence-electron chi connectivity index (χ3n) is 1.96. The van der Waals surface area contributed by atoms with Crippen molar-refractivity contribution in [3.8, 4) is 0 Å². The molecular weight excluding hydrogens is 277 g/mol. The highest BCUT2D eigenvalue weighted by Crippen LogP contribution is 2.13. The topological polar surface area (TPSA) is 41.6 Å². The fourth-order valence-corrected chi connectivity index (χ4v) is 1.88. The number of halogens is 2. The Morgan fingerprint density at radius 2 is 2.27 bits per heavy atom. The van der Waals surface area contributed by atoms with E-state index in [2.05, 4.69) is 37.2 Å². The van der Waals surface area contributed by atoms with E-state index in [4.69, 9.17) is 11.6 Å². The molecule has 0 unspecified atom stereocenters. The molecule has 0 aliphatic heterocycles. The van der Waals surface area contributed by atoms with E-state index in [0.29, 0.717) is 11.7 Å². The van der Waals surface area contributed by atoms with Crippen molar-refractivity contribution in [3.63, 3.8) is 0 Å². The summed E-state index contributed by atoms with van der Waals surface area (Å²) in [7, 11) is 0. The highest BCUT2D eigenvalue weighted by molar-refractivity contribution is 9.10. The van der Waals surface area contributed by atoms with Crippen molar-refractivity contribution in [2.75, 3.05) is 0 Å². The van der Waals surface area contributed by atoms with Crippen LogP contribution >= 0.6 is 27.5 Å². The molecule has 1 aromatic carbocycles. The summed E-state index contributed by atoms with van der Waals surface area (Å²) in [6.45, 7) is 0. The fraction of sp³-hybridized carbons (Fsp3) is 0.200. The number of rotatable bonds is 3. The summed E-state index contributed by atoms with van der Waals surface area (Å²) in [4.78, 5) is 4.24. The lowest BCUT2D eigenvalue weighted by Crippen LogP contribution is -1.90. The van der Waals surface area contributed by atoms with Crippen LogP contribution in [0.25, 0.3) is 0 Å². The molecule has 0 aliphatic rings. The number of hydrogen-bond acceptors (Lipinski definition) is 2. The molecule has 0 atom stereocenters. The standard InChI is InChI=1S/C10H9BrClN3/c11-8-3-1-2-7(4-8)5-9-13-10(6-12)15-14-9/h1-4H,5-6H2,(H,13,14,15). The molecule has 2 aromatic rings. The predicted octanol–water partition coefficient (Wildman–Crippen LogP) is 2.90. The van der Waals surface area contributed by atoms with E-state index in [9.17, 15) is 0 Å². The first-order valence-corrected chi connectivity index (χ1v) is 5.81. The Balaban J connectivity index is 2.14. The number of alkyl halides is 1. The number of hydrogen-bond donors (Lipinski definition) is 1. The molecule has 0 radical (unpaired) electrons. The van der Waals surface area contributed by atoms with E-state index in [1.54, 1.807) is 0 Å². The fourth-order valence-electron chi connectivity index (χ4n) is 1.31. The highest BCUT2D eigenvalue weighted by Gasteiger charge is 2.03. The summed E-state index contributed by atoms with van der Waals surface area (Å²) in [6, 6.07) is 8.10. The summed E-state index contributed by atoms with van der Waals surface area (Å²) >= 11 is 9.04. The average molecular weight is 287 g/mol. The van der Waals surface area contributed by atoms with Crippen LogP contribution < -0.4 is 0 Å². The predicted molar refractivity (Wildman–Crippen MR) is 62.9 cm³/mol. The summed E-state index contributed by atoms with van der Waals surface area (Å²) in [6.07, 6.45) is 0.739. The van der Waals surface area contributed by atoms with Gasteiger partial charge in [-0.2, -0.15) is 5.10 Å². The van der Waals surface area contributed by atoms with Gasteiger partial charge in [0.1, 0.15) is 5.82 Å². The van der Waals surface area contributed by atoms with Crippen LogP contribution in [-0.4, -0.2) is 15.2 Å². The molecule has 0 spiro atoms. The van der Waals surface area contributed by atoms with Gasteiger partial charge in [-0.05, 0) is 17.7 Å². The van der Waals surface area contributed by atoms with Crippen molar-refractivity contribution in [1.82, 2.24) is 15.2 Å². The van der Waals surface area contributed by atoms with Crippen LogP contribution in [0.1, 0.15) is 17.2 Å². The summed E-state index contributed by atoms with van der Waals surface area (Å²) in [5.74, 6) is 1.82. The molecule has 78 valence electrons. The Labute approximate surface area is 101 Å². The van der Waals surface area contributed by atoms with Crippen molar-refractivity contribution in [2.45, 2.75) is 12.3 Å². The number of aromatic nitrogens is 3. The van der Waals surface area contributed by atoms with Crippen LogP contribution in [0.3, 0.4) is 0 Å². The van der Waals surface area contributed by atoms with E-state index < -0.39 is 0 Å². The Morgan fingerprint density at radius 1 is 1.40 bits per heavy atom. The molecule has 1 heterocycles. The van der Waals surface area contributed by atoms with E-state index in [1.165, 1.54) is 5.56 Å². The number of aromatic amines is 1. The lowest BCUT2D eigenvalue weighted by atomic mass is 10.1. The average Bonchev–Trinajstić information content (AvgIpc) is 2.65. The SMILES string of the molecule is ClCc1n[nH]c(Cc2cccc(Br)c2)n1. The van der Waals surface area contributed by atoms with Crippen LogP contribution in [0.15, 0.2) is 28.7 Å². The van der Waals surface area contributed by atoms with Gasteiger partial charge in [0.05, 0.1) is 5.88 Å². The molecule has 0 bridgehead atoms. The van der Waals surface area contributed by atoms with E-state index >= 15 is 0 Å². The van der Waals surface area contributed by atoms with Gasteiger partial charge in [-0.15, -0.1) is 11.6 Å². The first kappa shape index (κ1) is 10.6. The van der Waals surface area contributed by atoms with Crippen molar-refractivity contribution in [1.29, 1.82) is 0 Å². The van der Waals surface area contributed by atoms with E-state index in [-0.39, 0.29) is 0 Å². The van der Waals surface area contributed by atoms with Gasteiger partial charge in [0.25, 0.3) is 0 Å². The summed E-state index contributed by atoms with van der Waals surface area (Å²) in [5, 5.41) is 6.84. The quantitative estimate of drug-likeness (QED) is 0.882. The molecule has 0 amide bonds. The van der Waals surface area contributed by atoms with E-state index in [0.717, 1.165) is 16.7 Å². The monoisotopic (exact) mass is 285 g/mol. The lowest BCUT2D eigenvalue weighted by Gasteiger charge is -1.97. The molecule has 5 heteroatoms. The van der Waals surface area contributed by atoms with Gasteiger partial charge in [0.2, 0.25) is 0 Å². The molecule has 0 aliphatic carbocycles. The maximum absolute atomic E-state index is 5.62. The third-order valence-corrected chi connectivity index (χ3v) is 2.69. The zero-order chi connectivity index (χ0) is 10.7. The molecule has 1 N–H and O–H groups in total. The van der Waals surface area contributed by atoms with Gasteiger partial charge in [-0.1, -0.05) is 28.1 Å². The van der Waals surface area contributed by atoms with Crippen LogP contribution in [0.2, 0.25) is 0 Å². The highest BCUT2D eigenvalue weighted by atomic mass is 79.9. The molecule has 0 saturated carbocycles. The van der Waals surface area contributed by atoms with Gasteiger partial charge >= 0.3 is 0 Å². The Kier molecular flexibility index (Phi) is 3.38. The van der Waals surface area contributed by atoms with Crippen LogP contribution in [0, 0.1) is 0 Å². The molecular formula is C10H9BrClN3. The van der Waals surface area contributed by atoms with Crippen molar-refractivity contribution in [2.24, 2.45) is 0 Å². The first-order valence-electron chi connectivity index (χ1n) is 4.48. The van der Waals surface area contributed by atoms with Crippen molar-refractivity contribution >= 4 is 27.5 Å². The minimum absolute atomic E-state index is 0.342. The van der Waals surface area contributed by atoms with Crippen molar-refractivity contribution < 1.29 is 0 Å². The molecule has 0 saturated heterocycles. The van der Waals surface area contributed by atoms with Crippen LogP contribution in [0.5, 0.6) is 0 Å². The Hall–Kier alpha value is -0.870. The smallest absolute Gasteiger partial charge is 0.165 e. The number of nitrogens with one attached hydrogen (secondary N) is 1. The maximum Gasteiger partial charge on any atom is 0.165 e. The van der Waals surface area contributed by atoms with Gasteiger partial charge in [0, 0.05) is 10.9 Å². The van der Waals surface area contributed by atoms with Crippen molar-refractivity contribution in [3.05, 3.63) is 46.0 Å². The number of H-pyrrole nitrogens is 1. The van der Waals surface area contributed by atoms with Crippen LogP contribution in [0.4, 0.5) is 0 Å². The minimum atomic E-state index is 0.342. The second kappa shape index (κ2) is 4.77. The lowest BCUT2D eigenvalue weighted by molar-refractivity contribution is 0.968. The second-order valence-corrected chi connectivity index (χ2v) is 4.32. The zero-order valence-corrected chi connectivity index (χ0v) is 10.2. The number of nitrogens with zero attached hydrogens (tertiary/aromatic N) is 2. The Bertz CT molecular complexity index is 455. The van der Waals surface area contributed by atoms with Gasteiger partial charge in [0.15, 0.2) is 5.82 Å². The third kappa shape index (κ3) is 2.79. The summed E-state index contributed by atoms with van der Waals surface area (Å²) < 4.78 is 1.07. The van der Waals surface area contributed by atoms with E-state index in [1.807, 2.05) is 18.2 Å². The molecule has 15 heavy (non-hydrogen) atoms. The Morgan fingerprint density at radius 3 is 2.93 bits per heavy atom. The first-order chi connectivity index (χ1) is 7.28. The maximum atomic E-state index is 5.62. The molecule has 2 rings (SSSR count). The molecule has 0 fully saturated rings. The number of benzene rings is 1. The zero-order valence-electron chi connectivity index (χ0n) is 7.87. The molecule has 1 aromatic heterocycles. The normalized spacial score (nSPS) is 10.5.